The van der Waals surface area contributed by atoms with E-state index < -0.39 is 0 Å². The van der Waals surface area contributed by atoms with E-state index in [1.54, 1.807) is 0 Å². The smallest absolute Gasteiger partial charge is 0.210 e. The summed E-state index contributed by atoms with van der Waals surface area (Å²) in [5.41, 5.74) is 6.37. The lowest BCUT2D eigenvalue weighted by molar-refractivity contribution is 0.960. The maximum absolute atomic E-state index is 5.77. The van der Waals surface area contributed by atoms with Crippen LogP contribution in [0, 0.1) is 0 Å². The Morgan fingerprint density at radius 3 is 2.60 bits per heavy atom. The summed E-state index contributed by atoms with van der Waals surface area (Å²) in [6.45, 7) is 0.417. The number of nitrogens with zero attached hydrogens (tertiary/aromatic N) is 2. The van der Waals surface area contributed by atoms with Gasteiger partial charge < -0.3 is 11.1 Å². The highest BCUT2D eigenvalue weighted by molar-refractivity contribution is 7.15. The Morgan fingerprint density at radius 2 is 2.00 bits per heavy atom. The van der Waals surface area contributed by atoms with Crippen molar-refractivity contribution in [3.63, 3.8) is 0 Å². The van der Waals surface area contributed by atoms with Crippen LogP contribution < -0.4 is 11.1 Å². The van der Waals surface area contributed by atoms with Gasteiger partial charge in [-0.15, -0.1) is 10.2 Å². The van der Waals surface area contributed by atoms with Gasteiger partial charge >= 0.3 is 0 Å². The molecule has 0 fully saturated rings. The van der Waals surface area contributed by atoms with Crippen LogP contribution in [0.2, 0.25) is 5.02 Å². The molecule has 0 unspecified atom stereocenters. The lowest BCUT2D eigenvalue weighted by Crippen LogP contribution is -1.94. The normalized spacial score (nSPS) is 10.3. The van der Waals surface area contributed by atoms with E-state index in [2.05, 4.69) is 15.5 Å². The van der Waals surface area contributed by atoms with Crippen LogP contribution in [0.1, 0.15) is 5.01 Å². The molecule has 15 heavy (non-hydrogen) atoms. The van der Waals surface area contributed by atoms with Crippen molar-refractivity contribution in [2.24, 2.45) is 5.73 Å². The SMILES string of the molecule is NCc1nnc(Nc2ccc(Cl)cc2)s1. The molecule has 1 heterocycles. The first-order chi connectivity index (χ1) is 7.28. The van der Waals surface area contributed by atoms with Crippen molar-refractivity contribution < 1.29 is 0 Å². The Bertz CT molecular complexity index is 440. The number of aromatic nitrogens is 2. The monoisotopic (exact) mass is 240 g/mol. The van der Waals surface area contributed by atoms with Crippen LogP contribution in [0.3, 0.4) is 0 Å². The van der Waals surface area contributed by atoms with Crippen molar-refractivity contribution in [3.05, 3.63) is 34.3 Å². The molecule has 2 aromatic rings. The summed E-state index contributed by atoms with van der Waals surface area (Å²) in [6, 6.07) is 7.39. The molecule has 0 bridgehead atoms. The largest absolute Gasteiger partial charge is 0.330 e. The molecule has 1 aromatic carbocycles. The molecule has 3 N–H and O–H groups in total. The molecule has 78 valence electrons. The summed E-state index contributed by atoms with van der Waals surface area (Å²) < 4.78 is 0. The first-order valence-corrected chi connectivity index (χ1v) is 5.52. The van der Waals surface area contributed by atoms with Gasteiger partial charge in [0.15, 0.2) is 0 Å². The highest BCUT2D eigenvalue weighted by Crippen LogP contribution is 2.21. The zero-order valence-electron chi connectivity index (χ0n) is 7.77. The van der Waals surface area contributed by atoms with E-state index in [1.165, 1.54) is 11.3 Å². The first kappa shape index (κ1) is 10.4. The van der Waals surface area contributed by atoms with Crippen molar-refractivity contribution in [2.75, 3.05) is 5.32 Å². The van der Waals surface area contributed by atoms with E-state index in [4.69, 9.17) is 17.3 Å². The number of halogens is 1. The van der Waals surface area contributed by atoms with Crippen LogP contribution in [0.25, 0.3) is 0 Å². The molecule has 0 saturated carbocycles. The van der Waals surface area contributed by atoms with Crippen LogP contribution in [0.4, 0.5) is 10.8 Å². The van der Waals surface area contributed by atoms with Crippen LogP contribution in [0.5, 0.6) is 0 Å². The van der Waals surface area contributed by atoms with Gasteiger partial charge in [-0.2, -0.15) is 0 Å². The Morgan fingerprint density at radius 1 is 1.27 bits per heavy atom. The first-order valence-electron chi connectivity index (χ1n) is 4.33. The fourth-order valence-electron chi connectivity index (χ4n) is 1.04. The fraction of sp³-hybridized carbons (Fsp3) is 0.111. The van der Waals surface area contributed by atoms with Gasteiger partial charge in [-0.05, 0) is 24.3 Å². The van der Waals surface area contributed by atoms with Gasteiger partial charge in [0, 0.05) is 17.3 Å². The molecule has 0 radical (unpaired) electrons. The van der Waals surface area contributed by atoms with Gasteiger partial charge in [0.2, 0.25) is 5.13 Å². The molecule has 0 amide bonds. The summed E-state index contributed by atoms with van der Waals surface area (Å²) in [4.78, 5) is 0. The van der Waals surface area contributed by atoms with Gasteiger partial charge in [0.25, 0.3) is 0 Å². The Balaban J connectivity index is 2.11. The third kappa shape index (κ3) is 2.65. The van der Waals surface area contributed by atoms with Gasteiger partial charge in [-0.1, -0.05) is 22.9 Å². The minimum atomic E-state index is 0.417. The number of anilines is 2. The van der Waals surface area contributed by atoms with Crippen molar-refractivity contribution in [1.29, 1.82) is 0 Å². The Hall–Kier alpha value is -1.17. The van der Waals surface area contributed by atoms with Crippen LogP contribution in [-0.4, -0.2) is 10.2 Å². The highest BCUT2D eigenvalue weighted by Gasteiger charge is 2.02. The number of nitrogens with one attached hydrogen (secondary N) is 1. The number of hydrogen-bond donors (Lipinski definition) is 2. The number of nitrogens with two attached hydrogens (primary N) is 1. The van der Waals surface area contributed by atoms with E-state index in [-0.39, 0.29) is 0 Å². The minimum Gasteiger partial charge on any atom is -0.330 e. The molecule has 1 aromatic heterocycles. The zero-order valence-corrected chi connectivity index (χ0v) is 9.35. The molecule has 2 rings (SSSR count). The molecule has 0 aliphatic carbocycles. The second kappa shape index (κ2) is 4.57. The molecular formula is C9H9ClN4S. The molecule has 6 heteroatoms. The fourth-order valence-corrected chi connectivity index (χ4v) is 1.81. The van der Waals surface area contributed by atoms with Crippen molar-refractivity contribution in [3.8, 4) is 0 Å². The van der Waals surface area contributed by atoms with E-state index >= 15 is 0 Å². The third-order valence-electron chi connectivity index (χ3n) is 1.74. The van der Waals surface area contributed by atoms with Crippen LogP contribution in [0.15, 0.2) is 24.3 Å². The lowest BCUT2D eigenvalue weighted by atomic mass is 10.3. The molecule has 0 aliphatic rings. The maximum atomic E-state index is 5.77. The zero-order chi connectivity index (χ0) is 10.7. The van der Waals surface area contributed by atoms with Gasteiger partial charge in [0.1, 0.15) is 5.01 Å². The minimum absolute atomic E-state index is 0.417. The van der Waals surface area contributed by atoms with Crippen molar-refractivity contribution in [1.82, 2.24) is 10.2 Å². The maximum Gasteiger partial charge on any atom is 0.210 e. The standard InChI is InChI=1S/C9H9ClN4S/c10-6-1-3-7(4-2-6)12-9-14-13-8(5-11)15-9/h1-4H,5,11H2,(H,12,14). The summed E-state index contributed by atoms with van der Waals surface area (Å²) >= 11 is 7.21. The predicted octanol–water partition coefficient (Wildman–Crippen LogP) is 2.39. The van der Waals surface area contributed by atoms with Gasteiger partial charge in [-0.25, -0.2) is 0 Å². The van der Waals surface area contributed by atoms with Gasteiger partial charge in [-0.3, -0.25) is 0 Å². The van der Waals surface area contributed by atoms with E-state index in [1.807, 2.05) is 24.3 Å². The molecule has 0 atom stereocenters. The third-order valence-corrected chi connectivity index (χ3v) is 2.85. The lowest BCUT2D eigenvalue weighted by Gasteiger charge is -2.00. The van der Waals surface area contributed by atoms with Gasteiger partial charge in [0.05, 0.1) is 0 Å². The molecule has 0 spiro atoms. The molecule has 0 saturated heterocycles. The van der Waals surface area contributed by atoms with Crippen molar-refractivity contribution >= 4 is 33.8 Å². The highest BCUT2D eigenvalue weighted by atomic mass is 35.5. The molecule has 0 aliphatic heterocycles. The number of benzene rings is 1. The van der Waals surface area contributed by atoms with E-state index in [0.717, 1.165) is 15.8 Å². The second-order valence-electron chi connectivity index (χ2n) is 2.84. The van der Waals surface area contributed by atoms with E-state index in [0.29, 0.717) is 11.6 Å². The quantitative estimate of drug-likeness (QED) is 0.865. The summed E-state index contributed by atoms with van der Waals surface area (Å²) in [7, 11) is 0. The Kier molecular flexibility index (Phi) is 3.15. The Labute approximate surface area is 96.1 Å². The van der Waals surface area contributed by atoms with Crippen LogP contribution in [-0.2, 0) is 6.54 Å². The average Bonchev–Trinajstić information content (AvgIpc) is 2.69. The second-order valence-corrected chi connectivity index (χ2v) is 4.34. The summed E-state index contributed by atoms with van der Waals surface area (Å²) in [6.07, 6.45) is 0. The summed E-state index contributed by atoms with van der Waals surface area (Å²) in [5.74, 6) is 0. The molecular weight excluding hydrogens is 232 g/mol. The number of rotatable bonds is 3. The average molecular weight is 241 g/mol. The van der Waals surface area contributed by atoms with Crippen molar-refractivity contribution in [2.45, 2.75) is 6.54 Å². The molecule has 4 nitrogen and oxygen atoms in total. The predicted molar refractivity (Wildman–Crippen MR) is 62.5 cm³/mol. The number of hydrogen-bond acceptors (Lipinski definition) is 5. The topological polar surface area (TPSA) is 63.8 Å². The summed E-state index contributed by atoms with van der Waals surface area (Å²) in [5, 5.41) is 13.2. The van der Waals surface area contributed by atoms with Crippen LogP contribution >= 0.6 is 22.9 Å². The van der Waals surface area contributed by atoms with E-state index in [9.17, 15) is 0 Å².